The molecular weight excluding hydrogens is 432 g/mol. The topological polar surface area (TPSA) is 103 Å². The number of carbonyl (C=O) groups excluding carboxylic acids is 2. The van der Waals surface area contributed by atoms with Crippen LogP contribution in [-0.4, -0.2) is 32.6 Å². The molecule has 0 radical (unpaired) electrons. The van der Waals surface area contributed by atoms with Gasteiger partial charge in [0.25, 0.3) is 5.56 Å². The van der Waals surface area contributed by atoms with Crippen molar-refractivity contribution in [1.82, 2.24) is 14.8 Å². The number of aromatic nitrogens is 3. The maximum Gasteiger partial charge on any atom is 0.359 e. The van der Waals surface area contributed by atoms with Gasteiger partial charge in [0.15, 0.2) is 11.5 Å². The fourth-order valence-corrected chi connectivity index (χ4v) is 3.64. The SMILES string of the molecule is CCn1nc(C(=O)OC(C)CCC=C(C)C)c(C(C)=O)c(Nc2cncc3ccccc23)c1=O. The number of ether oxygens (including phenoxy) is 1. The summed E-state index contributed by atoms with van der Waals surface area (Å²) in [4.78, 5) is 43.1. The van der Waals surface area contributed by atoms with Crippen LogP contribution in [0.25, 0.3) is 10.8 Å². The van der Waals surface area contributed by atoms with Crippen LogP contribution in [0.2, 0.25) is 0 Å². The van der Waals surface area contributed by atoms with Crippen LogP contribution >= 0.6 is 0 Å². The number of fused-ring (bicyclic) bond motifs is 1. The minimum atomic E-state index is -0.740. The molecule has 2 aromatic heterocycles. The number of carbonyl (C=O) groups is 2. The predicted molar refractivity (Wildman–Crippen MR) is 133 cm³/mol. The number of nitrogens with zero attached hydrogens (tertiary/aromatic N) is 3. The Morgan fingerprint density at radius 2 is 1.91 bits per heavy atom. The number of anilines is 2. The van der Waals surface area contributed by atoms with Crippen molar-refractivity contribution in [3.63, 3.8) is 0 Å². The molecule has 3 rings (SSSR count). The van der Waals surface area contributed by atoms with Crippen molar-refractivity contribution < 1.29 is 14.3 Å². The summed E-state index contributed by atoms with van der Waals surface area (Å²) in [6.45, 7) is 9.06. The molecule has 3 aromatic rings. The summed E-state index contributed by atoms with van der Waals surface area (Å²) in [5.41, 5.74) is 0.928. The van der Waals surface area contributed by atoms with Crippen molar-refractivity contribution in [2.75, 3.05) is 5.32 Å². The maximum absolute atomic E-state index is 13.2. The maximum atomic E-state index is 13.2. The highest BCUT2D eigenvalue weighted by Gasteiger charge is 2.27. The van der Waals surface area contributed by atoms with Crippen molar-refractivity contribution in [2.24, 2.45) is 0 Å². The first kappa shape index (κ1) is 24.8. The highest BCUT2D eigenvalue weighted by molar-refractivity contribution is 6.09. The lowest BCUT2D eigenvalue weighted by Crippen LogP contribution is -2.31. The zero-order chi connectivity index (χ0) is 24.8. The van der Waals surface area contributed by atoms with Gasteiger partial charge in [-0.05, 0) is 47.5 Å². The van der Waals surface area contributed by atoms with E-state index in [-0.39, 0.29) is 29.6 Å². The Morgan fingerprint density at radius 1 is 1.18 bits per heavy atom. The third kappa shape index (κ3) is 5.57. The van der Waals surface area contributed by atoms with Crippen LogP contribution < -0.4 is 10.9 Å². The Hall–Kier alpha value is -3.81. The molecule has 34 heavy (non-hydrogen) atoms. The molecule has 0 saturated carbocycles. The number of nitrogens with one attached hydrogen (secondary N) is 1. The number of esters is 1. The standard InChI is InChI=1S/C26H30N4O4/c1-6-30-25(32)23(28-21-15-27-14-19-12-7-8-13-20(19)21)22(18(5)31)24(29-30)26(33)34-17(4)11-9-10-16(2)3/h7-8,10,12-15,17,28H,6,9,11H2,1-5H3. The van der Waals surface area contributed by atoms with Crippen LogP contribution in [0.4, 0.5) is 11.4 Å². The molecule has 0 aliphatic rings. The predicted octanol–water partition coefficient (Wildman–Crippen LogP) is 5.05. The van der Waals surface area contributed by atoms with Gasteiger partial charge in [-0.3, -0.25) is 14.6 Å². The molecule has 0 spiro atoms. The van der Waals surface area contributed by atoms with E-state index < -0.39 is 17.3 Å². The van der Waals surface area contributed by atoms with E-state index in [1.807, 2.05) is 38.1 Å². The quantitative estimate of drug-likeness (QED) is 0.270. The summed E-state index contributed by atoms with van der Waals surface area (Å²) in [7, 11) is 0. The molecule has 2 heterocycles. The third-order valence-electron chi connectivity index (χ3n) is 5.36. The van der Waals surface area contributed by atoms with E-state index in [0.29, 0.717) is 12.1 Å². The van der Waals surface area contributed by atoms with E-state index in [4.69, 9.17) is 4.74 Å². The molecule has 0 bridgehead atoms. The second kappa shape index (κ2) is 10.9. The van der Waals surface area contributed by atoms with Crippen LogP contribution in [0.3, 0.4) is 0 Å². The highest BCUT2D eigenvalue weighted by atomic mass is 16.5. The van der Waals surface area contributed by atoms with Crippen molar-refractivity contribution >= 4 is 33.9 Å². The fourth-order valence-electron chi connectivity index (χ4n) is 3.64. The summed E-state index contributed by atoms with van der Waals surface area (Å²) in [6, 6.07) is 7.54. The molecule has 1 N–H and O–H groups in total. The molecule has 178 valence electrons. The van der Waals surface area contributed by atoms with Gasteiger partial charge >= 0.3 is 5.97 Å². The number of ketones is 1. The van der Waals surface area contributed by atoms with Crippen molar-refractivity contribution in [2.45, 2.75) is 60.1 Å². The Labute approximate surface area is 198 Å². The zero-order valence-electron chi connectivity index (χ0n) is 20.2. The fraction of sp³-hybridized carbons (Fsp3) is 0.346. The minimum absolute atomic E-state index is 0.0216. The monoisotopic (exact) mass is 462 g/mol. The van der Waals surface area contributed by atoms with E-state index in [1.165, 1.54) is 12.5 Å². The summed E-state index contributed by atoms with van der Waals surface area (Å²) in [5.74, 6) is -1.20. The molecule has 0 saturated heterocycles. The molecule has 1 atom stereocenters. The number of aryl methyl sites for hydroxylation is 1. The summed E-state index contributed by atoms with van der Waals surface area (Å²) < 4.78 is 6.74. The van der Waals surface area contributed by atoms with E-state index >= 15 is 0 Å². The molecule has 8 nitrogen and oxygen atoms in total. The molecule has 0 amide bonds. The number of hydrogen-bond acceptors (Lipinski definition) is 7. The minimum Gasteiger partial charge on any atom is -0.458 e. The van der Waals surface area contributed by atoms with E-state index in [0.717, 1.165) is 21.9 Å². The Kier molecular flexibility index (Phi) is 7.94. The molecule has 0 fully saturated rings. The first-order valence-electron chi connectivity index (χ1n) is 11.3. The van der Waals surface area contributed by atoms with Crippen LogP contribution in [0.1, 0.15) is 68.3 Å². The lowest BCUT2D eigenvalue weighted by atomic mass is 10.1. The number of Topliss-reactive ketones (excluding diaryl/α,β-unsaturated/α-hetero) is 1. The lowest BCUT2D eigenvalue weighted by Gasteiger charge is -2.17. The van der Waals surface area contributed by atoms with E-state index in [1.54, 1.807) is 26.2 Å². The molecule has 1 unspecified atom stereocenters. The van der Waals surface area contributed by atoms with Crippen LogP contribution in [0.15, 0.2) is 53.1 Å². The van der Waals surface area contributed by atoms with Crippen molar-refractivity contribution in [1.29, 1.82) is 0 Å². The van der Waals surface area contributed by atoms with Crippen molar-refractivity contribution in [3.8, 4) is 0 Å². The third-order valence-corrected chi connectivity index (χ3v) is 5.36. The van der Waals surface area contributed by atoms with Gasteiger partial charge in [0.1, 0.15) is 5.69 Å². The second-order valence-electron chi connectivity index (χ2n) is 8.38. The smallest absolute Gasteiger partial charge is 0.359 e. The highest BCUT2D eigenvalue weighted by Crippen LogP contribution is 2.27. The summed E-state index contributed by atoms with van der Waals surface area (Å²) >= 11 is 0. The van der Waals surface area contributed by atoms with Gasteiger partial charge in [-0.2, -0.15) is 5.10 Å². The van der Waals surface area contributed by atoms with E-state index in [9.17, 15) is 14.4 Å². The Bertz CT molecular complexity index is 1300. The van der Waals surface area contributed by atoms with E-state index in [2.05, 4.69) is 21.5 Å². The first-order valence-corrected chi connectivity index (χ1v) is 11.3. The van der Waals surface area contributed by atoms with Crippen LogP contribution in [0, 0.1) is 0 Å². The molecule has 1 aromatic carbocycles. The zero-order valence-corrected chi connectivity index (χ0v) is 20.2. The Morgan fingerprint density at radius 3 is 2.59 bits per heavy atom. The van der Waals surface area contributed by atoms with Gasteiger partial charge in [-0.1, -0.05) is 35.9 Å². The number of rotatable bonds is 9. The van der Waals surface area contributed by atoms with Crippen LogP contribution in [-0.2, 0) is 11.3 Å². The van der Waals surface area contributed by atoms with Crippen LogP contribution in [0.5, 0.6) is 0 Å². The normalized spacial score (nSPS) is 11.7. The molecular formula is C26H30N4O4. The average molecular weight is 463 g/mol. The molecule has 0 aliphatic heterocycles. The Balaban J connectivity index is 2.05. The van der Waals surface area contributed by atoms with Gasteiger partial charge in [0, 0.05) is 23.5 Å². The second-order valence-corrected chi connectivity index (χ2v) is 8.38. The number of pyridine rings is 1. The first-order chi connectivity index (χ1) is 16.2. The number of benzene rings is 1. The summed E-state index contributed by atoms with van der Waals surface area (Å²) in [6.07, 6.45) is 6.37. The number of allylic oxidation sites excluding steroid dienone is 2. The van der Waals surface area contributed by atoms with Gasteiger partial charge in [-0.15, -0.1) is 0 Å². The number of hydrogen-bond donors (Lipinski definition) is 1. The van der Waals surface area contributed by atoms with Gasteiger partial charge in [-0.25, -0.2) is 9.48 Å². The van der Waals surface area contributed by atoms with Gasteiger partial charge < -0.3 is 10.1 Å². The lowest BCUT2D eigenvalue weighted by molar-refractivity contribution is 0.0314. The van der Waals surface area contributed by atoms with Gasteiger partial charge in [0.2, 0.25) is 0 Å². The van der Waals surface area contributed by atoms with Gasteiger partial charge in [0.05, 0.1) is 23.6 Å². The molecule has 8 heteroatoms. The van der Waals surface area contributed by atoms with Crippen molar-refractivity contribution in [3.05, 3.63) is 69.9 Å². The largest absolute Gasteiger partial charge is 0.458 e. The summed E-state index contributed by atoms with van der Waals surface area (Å²) in [5, 5.41) is 8.93. The molecule has 0 aliphatic carbocycles. The average Bonchev–Trinajstić information content (AvgIpc) is 2.79.